The molecular formula is C39H52N6O5S2. The molecule has 0 saturated carbocycles. The molecule has 0 aromatic heterocycles. The molecule has 5 amide bonds. The lowest BCUT2D eigenvalue weighted by molar-refractivity contribution is -0.142. The lowest BCUT2D eigenvalue weighted by Gasteiger charge is -2.34. The number of carbonyl (C=O) groups is 5. The summed E-state index contributed by atoms with van der Waals surface area (Å²) in [5.74, 6) is 0.900. The van der Waals surface area contributed by atoms with E-state index in [1.807, 2.05) is 67.3 Å². The third kappa shape index (κ3) is 8.01. The van der Waals surface area contributed by atoms with Gasteiger partial charge in [0.25, 0.3) is 0 Å². The second-order valence-corrected chi connectivity index (χ2v) is 18.5. The second-order valence-electron chi connectivity index (χ2n) is 15.9. The van der Waals surface area contributed by atoms with Crippen LogP contribution in [0.2, 0.25) is 0 Å². The van der Waals surface area contributed by atoms with E-state index < -0.39 is 29.6 Å². The number of hydrogen-bond acceptors (Lipinski definition) is 8. The highest BCUT2D eigenvalue weighted by atomic mass is 32.2. The maximum Gasteiger partial charge on any atom is 0.247 e. The molecule has 4 saturated heterocycles. The molecule has 2 aromatic carbocycles. The molecule has 0 spiro atoms. The van der Waals surface area contributed by atoms with Crippen molar-refractivity contribution in [3.8, 4) is 0 Å². The number of nitrogens with zero attached hydrogens (tertiary/aromatic N) is 2. The summed E-state index contributed by atoms with van der Waals surface area (Å²) in [7, 11) is 1.70. The first-order valence-corrected chi connectivity index (χ1v) is 20.4. The molecule has 4 aliphatic heterocycles. The summed E-state index contributed by atoms with van der Waals surface area (Å²) in [6.45, 7) is 9.95. The molecule has 4 heterocycles. The normalized spacial score (nSPS) is 27.2. The van der Waals surface area contributed by atoms with Crippen molar-refractivity contribution in [2.45, 2.75) is 108 Å². The Labute approximate surface area is 315 Å². The van der Waals surface area contributed by atoms with Gasteiger partial charge < -0.3 is 31.1 Å². The quantitative estimate of drug-likeness (QED) is 0.287. The van der Waals surface area contributed by atoms with Gasteiger partial charge in [-0.15, -0.1) is 23.5 Å². The van der Waals surface area contributed by atoms with E-state index in [1.54, 1.807) is 42.4 Å². The Morgan fingerprint density at radius 1 is 0.788 bits per heavy atom. The zero-order valence-electron chi connectivity index (χ0n) is 31.0. The highest BCUT2D eigenvalue weighted by Gasteiger charge is 2.55. The number of rotatable bonds is 9. The topological polar surface area (TPSA) is 140 Å². The Morgan fingerprint density at radius 2 is 1.29 bits per heavy atom. The van der Waals surface area contributed by atoms with E-state index in [2.05, 4.69) is 35.1 Å². The number of hydrogen-bond donors (Lipinski definition) is 4. The lowest BCUT2D eigenvalue weighted by Crippen LogP contribution is -2.57. The molecule has 11 nitrogen and oxygen atoms in total. The summed E-state index contributed by atoms with van der Waals surface area (Å²) in [6, 6.07) is 13.2. The highest BCUT2D eigenvalue weighted by molar-refractivity contribution is 8.00. The van der Waals surface area contributed by atoms with E-state index in [9.17, 15) is 24.0 Å². The monoisotopic (exact) mass is 748 g/mol. The van der Waals surface area contributed by atoms with Gasteiger partial charge in [0.05, 0.1) is 16.8 Å². The van der Waals surface area contributed by atoms with E-state index in [4.69, 9.17) is 0 Å². The average Bonchev–Trinajstić information content (AvgIpc) is 3.40. The van der Waals surface area contributed by atoms with Crippen LogP contribution in [0.1, 0.15) is 77.8 Å². The van der Waals surface area contributed by atoms with Gasteiger partial charge in [0, 0.05) is 17.8 Å². The van der Waals surface area contributed by atoms with Crippen LogP contribution in [0.4, 0.5) is 11.4 Å². The number of nitrogens with one attached hydrogen (secondary N) is 4. The number of amides is 5. The molecule has 0 radical (unpaired) electrons. The van der Waals surface area contributed by atoms with Gasteiger partial charge in [-0.05, 0) is 104 Å². The van der Waals surface area contributed by atoms with Crippen molar-refractivity contribution < 1.29 is 24.0 Å². The Kier molecular flexibility index (Phi) is 11.3. The molecular weight excluding hydrogens is 697 g/mol. The predicted octanol–water partition coefficient (Wildman–Crippen LogP) is 4.82. The first-order chi connectivity index (χ1) is 24.7. The Hall–Kier alpha value is -3.55. The van der Waals surface area contributed by atoms with E-state index in [-0.39, 0.29) is 45.7 Å². The largest absolute Gasteiger partial charge is 0.343 e. The molecule has 6 rings (SSSR count). The molecule has 1 unspecified atom stereocenters. The number of carbonyl (C=O) groups excluding carboxylic acids is 5. The van der Waals surface area contributed by atoms with Crippen LogP contribution in [0.25, 0.3) is 0 Å². The van der Waals surface area contributed by atoms with Crippen molar-refractivity contribution in [2.24, 2.45) is 10.8 Å². The van der Waals surface area contributed by atoms with Gasteiger partial charge in [-0.3, -0.25) is 24.0 Å². The van der Waals surface area contributed by atoms with Crippen molar-refractivity contribution in [1.29, 1.82) is 0 Å². The first kappa shape index (κ1) is 38.2. The number of likely N-dealkylation sites (N-methyl/N-ethyl adjacent to an activating group) is 1. The van der Waals surface area contributed by atoms with Crippen molar-refractivity contribution in [3.63, 3.8) is 0 Å². The molecule has 2 aromatic rings. The Balaban J connectivity index is 1.07. The fraction of sp³-hybridized carbons (Fsp3) is 0.564. The molecule has 4 N–H and O–H groups in total. The van der Waals surface area contributed by atoms with Crippen LogP contribution in [0.15, 0.2) is 48.5 Å². The summed E-state index contributed by atoms with van der Waals surface area (Å²) in [5, 5.41) is 11.9. The van der Waals surface area contributed by atoms with Gasteiger partial charge in [-0.2, -0.15) is 0 Å². The Bertz CT molecular complexity index is 1680. The van der Waals surface area contributed by atoms with E-state index in [0.717, 1.165) is 29.7 Å². The fourth-order valence-electron chi connectivity index (χ4n) is 8.05. The van der Waals surface area contributed by atoms with Gasteiger partial charge in [-0.25, -0.2) is 0 Å². The number of fused-ring (bicyclic) bond motifs is 2. The van der Waals surface area contributed by atoms with Crippen LogP contribution < -0.4 is 21.3 Å². The molecule has 52 heavy (non-hydrogen) atoms. The average molecular weight is 749 g/mol. The summed E-state index contributed by atoms with van der Waals surface area (Å²) in [6.07, 6.45) is 4.01. The SMILES string of the molecule is CN[C@@H](C)C(=O)N[C@H]1CCSC2CC(C)(C)[C@@H](C(=O)Nc3ccc(Cc4ccc(NC(=O)[C@H]5N6C(=O)CCCS[C@H]6CC5(C)C)cc4)cc3)N2C1=O. The van der Waals surface area contributed by atoms with Crippen LogP contribution in [0.3, 0.4) is 0 Å². The van der Waals surface area contributed by atoms with Crippen LogP contribution in [-0.4, -0.2) is 92.8 Å². The molecule has 0 bridgehead atoms. The number of thioether (sulfide) groups is 2. The smallest absolute Gasteiger partial charge is 0.247 e. The van der Waals surface area contributed by atoms with Crippen LogP contribution in [0.5, 0.6) is 0 Å². The first-order valence-electron chi connectivity index (χ1n) is 18.3. The lowest BCUT2D eigenvalue weighted by atomic mass is 9.84. The van der Waals surface area contributed by atoms with Gasteiger partial charge >= 0.3 is 0 Å². The summed E-state index contributed by atoms with van der Waals surface area (Å²) < 4.78 is 0. The van der Waals surface area contributed by atoms with Gasteiger partial charge in [0.2, 0.25) is 29.5 Å². The van der Waals surface area contributed by atoms with Crippen molar-refractivity contribution >= 4 is 64.4 Å². The van der Waals surface area contributed by atoms with Crippen LogP contribution in [0, 0.1) is 10.8 Å². The van der Waals surface area contributed by atoms with E-state index >= 15 is 0 Å². The third-order valence-corrected chi connectivity index (χ3v) is 13.5. The molecule has 280 valence electrons. The summed E-state index contributed by atoms with van der Waals surface area (Å²) in [5.41, 5.74) is 2.70. The summed E-state index contributed by atoms with van der Waals surface area (Å²) >= 11 is 3.46. The second kappa shape index (κ2) is 15.4. The van der Waals surface area contributed by atoms with Crippen molar-refractivity contribution in [2.75, 3.05) is 29.2 Å². The zero-order valence-corrected chi connectivity index (χ0v) is 32.6. The van der Waals surface area contributed by atoms with Crippen LogP contribution >= 0.6 is 23.5 Å². The standard InChI is InChI=1S/C39H52N6O5S2/c1-23(40-6)34(47)43-28-17-19-52-31-22-39(4,5)33(45(31)37(28)50)36(49)42-27-15-11-25(12-16-27)20-24-9-13-26(14-10-24)41-35(48)32-38(2,3)21-30-44(32)29(46)8-7-18-51-30/h9-16,23,28,30-33,40H,7-8,17-22H2,1-6H3,(H,41,48)(H,42,49)(H,43,47)/t23-,28-,30-,31?,32+,33+/m0/s1. The predicted molar refractivity (Wildman–Crippen MR) is 208 cm³/mol. The fourth-order valence-corrected chi connectivity index (χ4v) is 11.2. The maximum atomic E-state index is 13.9. The van der Waals surface area contributed by atoms with Gasteiger partial charge in [0.1, 0.15) is 18.1 Å². The minimum absolute atomic E-state index is 0.0491. The number of anilines is 2. The third-order valence-electron chi connectivity index (χ3n) is 11.0. The van der Waals surface area contributed by atoms with Crippen molar-refractivity contribution in [3.05, 3.63) is 59.7 Å². The maximum absolute atomic E-state index is 13.9. The van der Waals surface area contributed by atoms with Gasteiger partial charge in [-0.1, -0.05) is 52.0 Å². The molecule has 4 fully saturated rings. The minimum atomic E-state index is -0.680. The summed E-state index contributed by atoms with van der Waals surface area (Å²) in [4.78, 5) is 70.4. The molecule has 0 aliphatic carbocycles. The van der Waals surface area contributed by atoms with Crippen LogP contribution in [-0.2, 0) is 30.4 Å². The Morgan fingerprint density at radius 3 is 1.83 bits per heavy atom. The minimum Gasteiger partial charge on any atom is -0.343 e. The highest BCUT2D eigenvalue weighted by Crippen LogP contribution is 2.48. The van der Waals surface area contributed by atoms with Gasteiger partial charge in [0.15, 0.2) is 0 Å². The molecule has 4 aliphatic rings. The molecule has 13 heteroatoms. The molecule has 6 atom stereocenters. The van der Waals surface area contributed by atoms with E-state index in [0.29, 0.717) is 42.8 Å². The van der Waals surface area contributed by atoms with E-state index in [1.165, 1.54) is 0 Å². The number of benzene rings is 2. The zero-order chi connectivity index (χ0) is 37.4. The van der Waals surface area contributed by atoms with Crippen molar-refractivity contribution in [1.82, 2.24) is 20.4 Å².